The highest BCUT2D eigenvalue weighted by Crippen LogP contribution is 2.15. The molecule has 2 aliphatic rings. The summed E-state index contributed by atoms with van der Waals surface area (Å²) in [4.78, 5) is 30.6. The van der Waals surface area contributed by atoms with Crippen LogP contribution < -0.4 is 5.32 Å². The number of nitrogens with zero attached hydrogens (tertiary/aromatic N) is 3. The van der Waals surface area contributed by atoms with Gasteiger partial charge in [-0.15, -0.1) is 0 Å². The summed E-state index contributed by atoms with van der Waals surface area (Å²) in [5.41, 5.74) is 3.39. The van der Waals surface area contributed by atoms with E-state index in [1.807, 2.05) is 46.2 Å². The minimum Gasteiger partial charge on any atom is -0.338 e. The van der Waals surface area contributed by atoms with E-state index in [4.69, 9.17) is 0 Å². The lowest BCUT2D eigenvalue weighted by atomic mass is 10.1. The van der Waals surface area contributed by atoms with Crippen LogP contribution in [0, 0.1) is 0 Å². The fraction of sp³-hybridized carbons (Fsp3) is 0.385. The first-order chi connectivity index (χ1) is 15.7. The van der Waals surface area contributed by atoms with Gasteiger partial charge < -0.3 is 15.1 Å². The van der Waals surface area contributed by atoms with Crippen molar-refractivity contribution in [3.8, 4) is 0 Å². The van der Waals surface area contributed by atoms with Crippen LogP contribution in [0.15, 0.2) is 60.7 Å². The third-order valence-corrected chi connectivity index (χ3v) is 6.11. The second-order valence-corrected chi connectivity index (χ2v) is 8.50. The molecule has 6 nitrogen and oxygen atoms in total. The Hall–Kier alpha value is -3.12. The normalized spacial score (nSPS) is 17.3. The van der Waals surface area contributed by atoms with Gasteiger partial charge in [-0.3, -0.25) is 9.69 Å². The zero-order chi connectivity index (χ0) is 22.2. The molecular formula is C26H32N4O2. The van der Waals surface area contributed by atoms with Crippen molar-refractivity contribution in [1.29, 1.82) is 0 Å². The molecule has 0 atom stereocenters. The van der Waals surface area contributed by atoms with Gasteiger partial charge in [0.1, 0.15) is 0 Å². The number of nitrogens with one attached hydrogen (secondary N) is 1. The Labute approximate surface area is 190 Å². The zero-order valence-corrected chi connectivity index (χ0v) is 18.6. The van der Waals surface area contributed by atoms with Gasteiger partial charge in [0.05, 0.1) is 0 Å². The van der Waals surface area contributed by atoms with Crippen molar-refractivity contribution < 1.29 is 9.59 Å². The quantitative estimate of drug-likeness (QED) is 0.730. The van der Waals surface area contributed by atoms with E-state index in [9.17, 15) is 9.59 Å². The summed E-state index contributed by atoms with van der Waals surface area (Å²) < 4.78 is 0. The van der Waals surface area contributed by atoms with Crippen LogP contribution in [0.5, 0.6) is 0 Å². The van der Waals surface area contributed by atoms with Crippen molar-refractivity contribution in [3.63, 3.8) is 0 Å². The molecule has 2 aliphatic heterocycles. The lowest BCUT2D eigenvalue weighted by Gasteiger charge is -2.34. The Balaban J connectivity index is 1.19. The van der Waals surface area contributed by atoms with Crippen LogP contribution in [0.25, 0.3) is 6.08 Å². The second kappa shape index (κ2) is 11.0. The molecule has 0 saturated carbocycles. The number of hydrogen-bond acceptors (Lipinski definition) is 3. The second-order valence-electron chi connectivity index (χ2n) is 8.50. The summed E-state index contributed by atoms with van der Waals surface area (Å²) in [5.74, 6) is 0.235. The van der Waals surface area contributed by atoms with Crippen LogP contribution in [0.2, 0.25) is 0 Å². The Kier molecular flexibility index (Phi) is 7.56. The zero-order valence-electron chi connectivity index (χ0n) is 18.6. The van der Waals surface area contributed by atoms with Crippen molar-refractivity contribution in [3.05, 3.63) is 77.4 Å². The maximum Gasteiger partial charge on any atom is 0.317 e. The van der Waals surface area contributed by atoms with E-state index in [0.717, 1.165) is 56.8 Å². The fourth-order valence-corrected chi connectivity index (χ4v) is 4.25. The number of amides is 3. The van der Waals surface area contributed by atoms with Gasteiger partial charge in [0.2, 0.25) is 5.91 Å². The molecule has 6 heteroatoms. The summed E-state index contributed by atoms with van der Waals surface area (Å²) in [5, 5.41) is 3.05. The average molecular weight is 433 g/mol. The van der Waals surface area contributed by atoms with Crippen LogP contribution in [-0.4, -0.2) is 65.9 Å². The summed E-state index contributed by atoms with van der Waals surface area (Å²) >= 11 is 0. The molecule has 0 spiro atoms. The molecule has 0 aromatic heterocycles. The molecule has 1 N–H and O–H groups in total. The van der Waals surface area contributed by atoms with E-state index < -0.39 is 0 Å². The lowest BCUT2D eigenvalue weighted by molar-refractivity contribution is -0.128. The maximum atomic E-state index is 12.6. The molecule has 0 aliphatic carbocycles. The van der Waals surface area contributed by atoms with Gasteiger partial charge in [-0.25, -0.2) is 4.79 Å². The summed E-state index contributed by atoms with van der Waals surface area (Å²) in [7, 11) is 0. The van der Waals surface area contributed by atoms with E-state index in [1.54, 1.807) is 0 Å². The van der Waals surface area contributed by atoms with Crippen LogP contribution >= 0.6 is 0 Å². The monoisotopic (exact) mass is 432 g/mol. The highest BCUT2D eigenvalue weighted by atomic mass is 16.2. The third kappa shape index (κ3) is 6.20. The van der Waals surface area contributed by atoms with Crippen molar-refractivity contribution in [1.82, 2.24) is 20.0 Å². The molecule has 2 fully saturated rings. The van der Waals surface area contributed by atoms with E-state index in [2.05, 4.69) is 40.6 Å². The van der Waals surface area contributed by atoms with Gasteiger partial charge in [-0.1, -0.05) is 66.7 Å². The van der Waals surface area contributed by atoms with Crippen molar-refractivity contribution in [2.24, 2.45) is 0 Å². The molecule has 0 unspecified atom stereocenters. The molecule has 32 heavy (non-hydrogen) atoms. The van der Waals surface area contributed by atoms with Gasteiger partial charge in [0, 0.05) is 58.8 Å². The number of likely N-dealkylation sites (tertiary alicyclic amines) is 1. The molecule has 2 aromatic carbocycles. The van der Waals surface area contributed by atoms with Crippen molar-refractivity contribution in [2.75, 3.05) is 39.3 Å². The third-order valence-electron chi connectivity index (χ3n) is 6.11. The SMILES string of the molecule is O=C1CCCN1Cc1cccc(CNC(=O)N2CCN(C/C=C/c3ccccc3)CC2)c1. The van der Waals surface area contributed by atoms with Crippen LogP contribution in [0.1, 0.15) is 29.5 Å². The maximum absolute atomic E-state index is 12.6. The first-order valence-corrected chi connectivity index (χ1v) is 11.5. The molecule has 4 rings (SSSR count). The molecule has 2 heterocycles. The van der Waals surface area contributed by atoms with E-state index >= 15 is 0 Å². The first kappa shape index (κ1) is 22.1. The first-order valence-electron chi connectivity index (χ1n) is 11.5. The van der Waals surface area contributed by atoms with Crippen LogP contribution in [-0.2, 0) is 17.9 Å². The molecular weight excluding hydrogens is 400 g/mol. The van der Waals surface area contributed by atoms with Crippen LogP contribution in [0.4, 0.5) is 4.79 Å². The Morgan fingerprint density at radius 3 is 2.47 bits per heavy atom. The predicted molar refractivity (Wildman–Crippen MR) is 127 cm³/mol. The topological polar surface area (TPSA) is 55.9 Å². The lowest BCUT2D eigenvalue weighted by Crippen LogP contribution is -2.51. The highest BCUT2D eigenvalue weighted by Gasteiger charge is 2.21. The minimum absolute atomic E-state index is 0.00963. The molecule has 168 valence electrons. The van der Waals surface area contributed by atoms with Crippen LogP contribution in [0.3, 0.4) is 0 Å². The molecule has 0 radical (unpaired) electrons. The smallest absolute Gasteiger partial charge is 0.317 e. The molecule has 2 aromatic rings. The van der Waals surface area contributed by atoms with E-state index in [0.29, 0.717) is 19.5 Å². The highest BCUT2D eigenvalue weighted by molar-refractivity contribution is 5.78. The molecule has 2 saturated heterocycles. The predicted octanol–water partition coefficient (Wildman–Crippen LogP) is 3.35. The Morgan fingerprint density at radius 1 is 0.938 bits per heavy atom. The fourth-order valence-electron chi connectivity index (χ4n) is 4.25. The van der Waals surface area contributed by atoms with Gasteiger partial charge in [0.25, 0.3) is 0 Å². The summed E-state index contributed by atoms with van der Waals surface area (Å²) in [6.07, 6.45) is 5.94. The van der Waals surface area contributed by atoms with Gasteiger partial charge in [0.15, 0.2) is 0 Å². The summed E-state index contributed by atoms with van der Waals surface area (Å²) in [6, 6.07) is 18.4. The van der Waals surface area contributed by atoms with Gasteiger partial charge in [-0.2, -0.15) is 0 Å². The Bertz CT molecular complexity index is 936. The van der Waals surface area contributed by atoms with E-state index in [1.165, 1.54) is 5.56 Å². The minimum atomic E-state index is -0.00963. The van der Waals surface area contributed by atoms with E-state index in [-0.39, 0.29) is 11.9 Å². The number of carbonyl (C=O) groups is 2. The van der Waals surface area contributed by atoms with Gasteiger partial charge >= 0.3 is 6.03 Å². The average Bonchev–Trinajstić information content (AvgIpc) is 3.23. The Morgan fingerprint density at radius 2 is 1.72 bits per heavy atom. The standard InChI is InChI=1S/C26H32N4O2/c31-25-12-6-14-30(25)21-24-10-4-9-23(19-24)20-27-26(32)29-17-15-28(16-18-29)13-5-11-22-7-2-1-3-8-22/h1-5,7-11,19H,6,12-18,20-21H2,(H,27,32)/b11-5+. The number of carbonyl (C=O) groups excluding carboxylic acids is 2. The molecule has 3 amide bonds. The number of rotatable bonds is 7. The summed E-state index contributed by atoms with van der Waals surface area (Å²) in [6.45, 7) is 6.13. The molecule has 0 bridgehead atoms. The van der Waals surface area contributed by atoms with Crippen molar-refractivity contribution >= 4 is 18.0 Å². The number of piperazine rings is 1. The number of benzene rings is 2. The number of urea groups is 1. The van der Waals surface area contributed by atoms with Gasteiger partial charge in [-0.05, 0) is 23.1 Å². The largest absolute Gasteiger partial charge is 0.338 e. The number of hydrogen-bond donors (Lipinski definition) is 1. The van der Waals surface area contributed by atoms with Crippen molar-refractivity contribution in [2.45, 2.75) is 25.9 Å².